The van der Waals surface area contributed by atoms with Gasteiger partial charge in [-0.3, -0.25) is 9.69 Å². The first-order valence-electron chi connectivity index (χ1n) is 8.00. The van der Waals surface area contributed by atoms with Crippen molar-refractivity contribution in [2.45, 2.75) is 19.9 Å². The summed E-state index contributed by atoms with van der Waals surface area (Å²) in [4.78, 5) is 13.5. The number of nitrogens with one attached hydrogen (secondary N) is 1. The molecule has 0 aliphatic rings. The molecule has 130 valence electrons. The Morgan fingerprint density at radius 3 is 2.42 bits per heavy atom. The van der Waals surface area contributed by atoms with Crippen LogP contribution in [-0.4, -0.2) is 30.4 Å². The summed E-state index contributed by atoms with van der Waals surface area (Å²) in [5.41, 5.74) is 9.10. The summed E-state index contributed by atoms with van der Waals surface area (Å²) in [5.74, 6) is -0.0509. The van der Waals surface area contributed by atoms with E-state index in [9.17, 15) is 4.79 Å². The van der Waals surface area contributed by atoms with Crippen LogP contribution in [0.1, 0.15) is 18.1 Å². The summed E-state index contributed by atoms with van der Waals surface area (Å²) in [7, 11) is 0. The van der Waals surface area contributed by atoms with Gasteiger partial charge in [-0.15, -0.1) is 12.4 Å². The van der Waals surface area contributed by atoms with E-state index in [1.165, 1.54) is 18.1 Å². The fourth-order valence-electron chi connectivity index (χ4n) is 2.59. The van der Waals surface area contributed by atoms with Crippen molar-refractivity contribution in [3.63, 3.8) is 0 Å². The molecule has 2 rings (SSSR count). The fourth-order valence-corrected chi connectivity index (χ4v) is 2.59. The van der Waals surface area contributed by atoms with Crippen molar-refractivity contribution in [2.75, 3.05) is 25.0 Å². The molecule has 0 radical (unpaired) electrons. The van der Waals surface area contributed by atoms with Crippen LogP contribution in [0.3, 0.4) is 0 Å². The molecule has 5 heteroatoms. The summed E-state index contributed by atoms with van der Waals surface area (Å²) < 4.78 is 0. The van der Waals surface area contributed by atoms with Crippen LogP contribution >= 0.6 is 12.4 Å². The Balaban J connectivity index is 0.00000288. The largest absolute Gasteiger partial charge is 0.329 e. The van der Waals surface area contributed by atoms with Gasteiger partial charge in [0, 0.05) is 38.8 Å². The summed E-state index contributed by atoms with van der Waals surface area (Å²) in [6.45, 7) is 4.81. The van der Waals surface area contributed by atoms with E-state index in [0.29, 0.717) is 6.54 Å². The number of amides is 1. The Labute approximate surface area is 150 Å². The molecule has 3 N–H and O–H groups in total. The number of halogens is 1. The molecule has 0 aliphatic carbocycles. The zero-order chi connectivity index (χ0) is 16.5. The Kier molecular flexibility index (Phi) is 9.08. The third kappa shape index (κ3) is 7.13. The van der Waals surface area contributed by atoms with Gasteiger partial charge in [0.05, 0.1) is 0 Å². The van der Waals surface area contributed by atoms with E-state index in [1.807, 2.05) is 24.3 Å². The van der Waals surface area contributed by atoms with E-state index in [0.717, 1.165) is 31.7 Å². The number of anilines is 1. The second-order valence-corrected chi connectivity index (χ2v) is 5.68. The molecule has 0 bridgehead atoms. The van der Waals surface area contributed by atoms with Gasteiger partial charge in [-0.05, 0) is 29.7 Å². The van der Waals surface area contributed by atoms with Crippen molar-refractivity contribution in [2.24, 2.45) is 5.73 Å². The van der Waals surface area contributed by atoms with Crippen LogP contribution in [0.4, 0.5) is 5.69 Å². The number of carbonyl (C=O) groups is 1. The number of carbonyl (C=O) groups excluding carboxylic acids is 1. The summed E-state index contributed by atoms with van der Waals surface area (Å²) in [5, 5.41) is 2.83. The number of hydrogen-bond donors (Lipinski definition) is 2. The zero-order valence-electron chi connectivity index (χ0n) is 14.1. The van der Waals surface area contributed by atoms with E-state index >= 15 is 0 Å². The SMILES string of the molecule is CC(=O)Nc1cccc(CN(CCN)CCc2ccccc2)c1.Cl. The Morgan fingerprint density at radius 1 is 1.04 bits per heavy atom. The van der Waals surface area contributed by atoms with Gasteiger partial charge < -0.3 is 11.1 Å². The normalized spacial score (nSPS) is 10.3. The van der Waals surface area contributed by atoms with Crippen LogP contribution in [-0.2, 0) is 17.8 Å². The molecule has 0 heterocycles. The van der Waals surface area contributed by atoms with Crippen LogP contribution in [0.25, 0.3) is 0 Å². The molecular formula is C19H26ClN3O. The Hall–Kier alpha value is -1.88. The highest BCUT2D eigenvalue weighted by Crippen LogP contribution is 2.13. The molecule has 4 nitrogen and oxygen atoms in total. The average molecular weight is 348 g/mol. The minimum Gasteiger partial charge on any atom is -0.329 e. The third-order valence-electron chi connectivity index (χ3n) is 3.66. The minimum absolute atomic E-state index is 0. The number of hydrogen-bond acceptors (Lipinski definition) is 3. The van der Waals surface area contributed by atoms with Crippen molar-refractivity contribution < 1.29 is 4.79 Å². The van der Waals surface area contributed by atoms with Gasteiger partial charge in [0.1, 0.15) is 0 Å². The molecule has 0 saturated heterocycles. The minimum atomic E-state index is -0.0509. The van der Waals surface area contributed by atoms with Gasteiger partial charge >= 0.3 is 0 Å². The van der Waals surface area contributed by atoms with Crippen LogP contribution in [0.15, 0.2) is 54.6 Å². The van der Waals surface area contributed by atoms with Gasteiger partial charge in [0.15, 0.2) is 0 Å². The van der Waals surface area contributed by atoms with Gasteiger partial charge in [-0.25, -0.2) is 0 Å². The number of benzene rings is 2. The Bertz CT molecular complexity index is 619. The highest BCUT2D eigenvalue weighted by molar-refractivity contribution is 5.88. The third-order valence-corrected chi connectivity index (χ3v) is 3.66. The van der Waals surface area contributed by atoms with Gasteiger partial charge in [-0.1, -0.05) is 42.5 Å². The summed E-state index contributed by atoms with van der Waals surface area (Å²) >= 11 is 0. The van der Waals surface area contributed by atoms with Crippen molar-refractivity contribution in [3.8, 4) is 0 Å². The smallest absolute Gasteiger partial charge is 0.221 e. The van der Waals surface area contributed by atoms with E-state index in [4.69, 9.17) is 5.73 Å². The quantitative estimate of drug-likeness (QED) is 0.771. The second kappa shape index (κ2) is 10.8. The molecule has 24 heavy (non-hydrogen) atoms. The first-order chi connectivity index (χ1) is 11.2. The van der Waals surface area contributed by atoms with Crippen molar-refractivity contribution >= 4 is 24.0 Å². The molecule has 0 aromatic heterocycles. The standard InChI is InChI=1S/C19H25N3O.ClH/c1-16(23)21-19-9-5-8-18(14-19)15-22(13-11-20)12-10-17-6-3-2-4-7-17;/h2-9,14H,10-13,15,20H2,1H3,(H,21,23);1H. The zero-order valence-corrected chi connectivity index (χ0v) is 14.9. The lowest BCUT2D eigenvalue weighted by Crippen LogP contribution is -2.31. The fraction of sp³-hybridized carbons (Fsp3) is 0.316. The van der Waals surface area contributed by atoms with Crippen molar-refractivity contribution in [1.29, 1.82) is 0 Å². The van der Waals surface area contributed by atoms with Crippen LogP contribution in [0.2, 0.25) is 0 Å². The van der Waals surface area contributed by atoms with E-state index in [2.05, 4.69) is 40.5 Å². The number of nitrogens with zero attached hydrogens (tertiary/aromatic N) is 1. The molecular weight excluding hydrogens is 322 g/mol. The maximum atomic E-state index is 11.2. The molecule has 0 unspecified atom stereocenters. The highest BCUT2D eigenvalue weighted by Gasteiger charge is 2.07. The lowest BCUT2D eigenvalue weighted by molar-refractivity contribution is -0.114. The highest BCUT2D eigenvalue weighted by atomic mass is 35.5. The molecule has 2 aromatic rings. The van der Waals surface area contributed by atoms with Crippen LogP contribution in [0, 0.1) is 0 Å². The Morgan fingerprint density at radius 2 is 1.75 bits per heavy atom. The van der Waals surface area contributed by atoms with Crippen molar-refractivity contribution in [3.05, 3.63) is 65.7 Å². The molecule has 0 saturated carbocycles. The predicted octanol–water partition coefficient (Wildman–Crippen LogP) is 3.07. The van der Waals surface area contributed by atoms with E-state index in [1.54, 1.807) is 0 Å². The lowest BCUT2D eigenvalue weighted by Gasteiger charge is -2.22. The number of nitrogens with two attached hydrogens (primary N) is 1. The van der Waals surface area contributed by atoms with E-state index < -0.39 is 0 Å². The van der Waals surface area contributed by atoms with Crippen molar-refractivity contribution in [1.82, 2.24) is 4.90 Å². The first-order valence-corrected chi connectivity index (χ1v) is 8.00. The van der Waals surface area contributed by atoms with Gasteiger partial charge in [-0.2, -0.15) is 0 Å². The predicted molar refractivity (Wildman–Crippen MR) is 102 cm³/mol. The number of rotatable bonds is 8. The monoisotopic (exact) mass is 347 g/mol. The maximum Gasteiger partial charge on any atom is 0.221 e. The van der Waals surface area contributed by atoms with Crippen LogP contribution in [0.5, 0.6) is 0 Å². The summed E-state index contributed by atoms with van der Waals surface area (Å²) in [6, 6.07) is 18.5. The molecule has 0 fully saturated rings. The lowest BCUT2D eigenvalue weighted by atomic mass is 10.1. The second-order valence-electron chi connectivity index (χ2n) is 5.68. The van der Waals surface area contributed by atoms with E-state index in [-0.39, 0.29) is 18.3 Å². The summed E-state index contributed by atoms with van der Waals surface area (Å²) in [6.07, 6.45) is 1.01. The molecule has 0 aliphatic heterocycles. The topological polar surface area (TPSA) is 58.4 Å². The molecule has 0 atom stereocenters. The molecule has 2 aromatic carbocycles. The molecule has 1 amide bonds. The average Bonchev–Trinajstić information content (AvgIpc) is 2.53. The first kappa shape index (κ1) is 20.2. The van der Waals surface area contributed by atoms with Gasteiger partial charge in [0.25, 0.3) is 0 Å². The van der Waals surface area contributed by atoms with Gasteiger partial charge in [0.2, 0.25) is 5.91 Å². The maximum absolute atomic E-state index is 11.2. The molecule has 0 spiro atoms. The van der Waals surface area contributed by atoms with Crippen LogP contribution < -0.4 is 11.1 Å².